The summed E-state index contributed by atoms with van der Waals surface area (Å²) in [5.74, 6) is 7.49. The third-order valence-corrected chi connectivity index (χ3v) is 6.64. The maximum atomic E-state index is 12.5. The zero-order chi connectivity index (χ0) is 25.4. The number of aromatic nitrogens is 4. The molecule has 5 rings (SSSR count). The van der Waals surface area contributed by atoms with Crippen molar-refractivity contribution in [2.45, 2.75) is 39.7 Å². The van der Waals surface area contributed by atoms with Gasteiger partial charge < -0.3 is 15.0 Å². The molecule has 3 aromatic heterocycles. The van der Waals surface area contributed by atoms with Crippen LogP contribution in [0.3, 0.4) is 0 Å². The van der Waals surface area contributed by atoms with E-state index >= 15 is 0 Å². The molecule has 10 nitrogen and oxygen atoms in total. The summed E-state index contributed by atoms with van der Waals surface area (Å²) >= 11 is 1.64. The van der Waals surface area contributed by atoms with Crippen molar-refractivity contribution in [3.05, 3.63) is 65.2 Å². The first-order valence-corrected chi connectivity index (χ1v) is 12.6. The first kappa shape index (κ1) is 24.0. The molecule has 0 unspecified atom stereocenters. The molecule has 2 aliphatic heterocycles. The molecule has 188 valence electrons. The molecule has 0 saturated heterocycles. The van der Waals surface area contributed by atoms with Crippen molar-refractivity contribution in [2.24, 2.45) is 5.84 Å². The van der Waals surface area contributed by atoms with E-state index in [-0.39, 0.29) is 6.09 Å². The van der Waals surface area contributed by atoms with E-state index < -0.39 is 5.60 Å². The van der Waals surface area contributed by atoms with Gasteiger partial charge in [-0.05, 0) is 57.4 Å². The van der Waals surface area contributed by atoms with Crippen LogP contribution in [0, 0.1) is 0 Å². The van der Waals surface area contributed by atoms with Gasteiger partial charge in [0, 0.05) is 48.9 Å². The number of pyridine rings is 1. The number of hydrogen-bond donors (Lipinski definition) is 3. The number of thioether (sulfide) groups is 1. The second-order valence-electron chi connectivity index (χ2n) is 9.73. The van der Waals surface area contributed by atoms with E-state index in [1.165, 1.54) is 5.57 Å². The van der Waals surface area contributed by atoms with Crippen molar-refractivity contribution in [3.8, 4) is 0 Å². The molecule has 0 bridgehead atoms. The molecule has 11 heteroatoms. The van der Waals surface area contributed by atoms with Gasteiger partial charge in [-0.1, -0.05) is 17.8 Å². The summed E-state index contributed by atoms with van der Waals surface area (Å²) in [6.45, 7) is 8.78. The van der Waals surface area contributed by atoms with Gasteiger partial charge in [0.2, 0.25) is 0 Å². The number of hydrogen-bond acceptors (Lipinski definition) is 8. The fraction of sp³-hybridized carbons (Fsp3) is 0.320. The Morgan fingerprint density at radius 2 is 2.08 bits per heavy atom. The fourth-order valence-electron chi connectivity index (χ4n) is 4.15. The Morgan fingerprint density at radius 3 is 2.75 bits per heavy atom. The predicted octanol–water partition coefficient (Wildman–Crippen LogP) is 4.91. The standard InChI is InChI=1S/C25H30N8O2S/c1-16-13-32(26)15-19(36-16)22-23(28-20-7-10-27-30-20)29-21-6-5-18(14-33(21)22)17-8-11-31(12-9-17)24(34)35-25(2,3)4/h5-8,10,13-15H,9,11-12,26H2,1-4H3,(H2,27,28,30). The first-order chi connectivity index (χ1) is 17.2. The molecule has 0 radical (unpaired) electrons. The number of nitrogens with zero attached hydrogens (tertiary/aromatic N) is 5. The Kier molecular flexibility index (Phi) is 6.27. The molecule has 0 atom stereocenters. The molecule has 0 saturated carbocycles. The summed E-state index contributed by atoms with van der Waals surface area (Å²) in [7, 11) is 0. The number of aromatic amines is 1. The number of anilines is 2. The highest BCUT2D eigenvalue weighted by Crippen LogP contribution is 2.41. The molecule has 3 aromatic rings. The number of nitrogens with one attached hydrogen (secondary N) is 2. The lowest BCUT2D eigenvalue weighted by Crippen LogP contribution is -2.39. The van der Waals surface area contributed by atoms with Gasteiger partial charge in [-0.15, -0.1) is 0 Å². The van der Waals surface area contributed by atoms with Crippen LogP contribution in [0.5, 0.6) is 0 Å². The monoisotopic (exact) mass is 506 g/mol. The summed E-state index contributed by atoms with van der Waals surface area (Å²) < 4.78 is 7.61. The lowest BCUT2D eigenvalue weighted by molar-refractivity contribution is 0.0270. The normalized spacial score (nSPS) is 16.5. The lowest BCUT2D eigenvalue weighted by atomic mass is 10.0. The zero-order valence-electron chi connectivity index (χ0n) is 20.8. The van der Waals surface area contributed by atoms with Crippen LogP contribution in [-0.4, -0.2) is 54.3 Å². The Labute approximate surface area is 213 Å². The second kappa shape index (κ2) is 9.40. The van der Waals surface area contributed by atoms with Crippen LogP contribution < -0.4 is 11.2 Å². The van der Waals surface area contributed by atoms with Gasteiger partial charge in [0.1, 0.15) is 16.9 Å². The van der Waals surface area contributed by atoms with Gasteiger partial charge >= 0.3 is 6.09 Å². The highest BCUT2D eigenvalue weighted by Gasteiger charge is 2.25. The molecule has 4 N–H and O–H groups in total. The summed E-state index contributed by atoms with van der Waals surface area (Å²) in [5, 5.41) is 11.9. The van der Waals surface area contributed by atoms with Gasteiger partial charge in [-0.2, -0.15) is 5.10 Å². The topological polar surface area (TPSA) is 117 Å². The fourth-order valence-corrected chi connectivity index (χ4v) is 5.14. The van der Waals surface area contributed by atoms with Crippen LogP contribution in [0.15, 0.2) is 54.0 Å². The zero-order valence-corrected chi connectivity index (χ0v) is 21.6. The number of hydrazine groups is 1. The summed E-state index contributed by atoms with van der Waals surface area (Å²) in [6.07, 6.45) is 10.2. The Morgan fingerprint density at radius 1 is 1.25 bits per heavy atom. The van der Waals surface area contributed by atoms with Crippen molar-refractivity contribution >= 4 is 45.6 Å². The minimum Gasteiger partial charge on any atom is -0.444 e. The molecule has 0 fully saturated rings. The minimum absolute atomic E-state index is 0.282. The number of H-pyrrole nitrogens is 1. The van der Waals surface area contributed by atoms with Gasteiger partial charge in [0.05, 0.1) is 4.91 Å². The molecular formula is C25H30N8O2S. The molecule has 0 spiro atoms. The summed E-state index contributed by atoms with van der Waals surface area (Å²) in [5.41, 5.74) is 3.45. The van der Waals surface area contributed by atoms with Gasteiger partial charge in [-0.25, -0.2) is 15.6 Å². The van der Waals surface area contributed by atoms with E-state index in [2.05, 4.69) is 38.3 Å². The van der Waals surface area contributed by atoms with E-state index in [1.54, 1.807) is 27.9 Å². The van der Waals surface area contributed by atoms with Crippen LogP contribution in [0.4, 0.5) is 16.4 Å². The van der Waals surface area contributed by atoms with Crippen LogP contribution in [-0.2, 0) is 4.74 Å². The van der Waals surface area contributed by atoms with Gasteiger partial charge in [0.15, 0.2) is 11.6 Å². The Hall–Kier alpha value is -3.70. The van der Waals surface area contributed by atoms with E-state index in [0.29, 0.717) is 24.7 Å². The van der Waals surface area contributed by atoms with Crippen molar-refractivity contribution in [3.63, 3.8) is 0 Å². The SMILES string of the molecule is CC1=CN(N)C=C(c2c(Nc3cc[nH]n3)nc3ccc(C4=CCN(C(=O)OC(C)(C)C)CC4)cn23)S1. The van der Waals surface area contributed by atoms with E-state index in [9.17, 15) is 4.79 Å². The van der Waals surface area contributed by atoms with E-state index in [1.807, 2.05) is 52.2 Å². The summed E-state index contributed by atoms with van der Waals surface area (Å²) in [6, 6.07) is 5.93. The van der Waals surface area contributed by atoms with E-state index in [4.69, 9.17) is 15.6 Å². The van der Waals surface area contributed by atoms with Crippen LogP contribution in [0.25, 0.3) is 16.1 Å². The average molecular weight is 507 g/mol. The van der Waals surface area contributed by atoms with Gasteiger partial charge in [0.25, 0.3) is 0 Å². The molecule has 0 aliphatic carbocycles. The minimum atomic E-state index is -0.510. The Bertz CT molecular complexity index is 1380. The number of nitrogens with two attached hydrogens (primary N) is 1. The number of fused-ring (bicyclic) bond motifs is 1. The average Bonchev–Trinajstić information content (AvgIpc) is 3.44. The third-order valence-electron chi connectivity index (χ3n) is 5.70. The van der Waals surface area contributed by atoms with Crippen LogP contribution in [0.1, 0.15) is 45.4 Å². The Balaban J connectivity index is 1.49. The van der Waals surface area contributed by atoms with Crippen LogP contribution in [0.2, 0.25) is 0 Å². The molecule has 2 aliphatic rings. The highest BCUT2D eigenvalue weighted by molar-refractivity contribution is 8.11. The van der Waals surface area contributed by atoms with Crippen molar-refractivity contribution in [1.82, 2.24) is 29.5 Å². The largest absolute Gasteiger partial charge is 0.444 e. The maximum Gasteiger partial charge on any atom is 0.410 e. The lowest BCUT2D eigenvalue weighted by Gasteiger charge is -2.29. The number of carbonyl (C=O) groups excluding carboxylic acids is 1. The first-order valence-electron chi connectivity index (χ1n) is 11.7. The second-order valence-corrected chi connectivity index (χ2v) is 11.0. The van der Waals surface area contributed by atoms with E-state index in [0.717, 1.165) is 33.1 Å². The smallest absolute Gasteiger partial charge is 0.410 e. The van der Waals surface area contributed by atoms with Crippen molar-refractivity contribution < 1.29 is 9.53 Å². The van der Waals surface area contributed by atoms with Crippen LogP contribution >= 0.6 is 11.8 Å². The number of allylic oxidation sites excluding steroid dienone is 1. The number of amides is 1. The highest BCUT2D eigenvalue weighted by atomic mass is 32.2. The summed E-state index contributed by atoms with van der Waals surface area (Å²) in [4.78, 5) is 21.1. The molecule has 1 amide bonds. The molecule has 0 aromatic carbocycles. The maximum absolute atomic E-state index is 12.5. The van der Waals surface area contributed by atoms with Crippen molar-refractivity contribution in [1.29, 1.82) is 0 Å². The number of rotatable bonds is 4. The van der Waals surface area contributed by atoms with Gasteiger partial charge in [-0.3, -0.25) is 14.5 Å². The number of carbonyl (C=O) groups is 1. The third kappa shape index (κ3) is 5.12. The molecule has 5 heterocycles. The van der Waals surface area contributed by atoms with Crippen molar-refractivity contribution in [2.75, 3.05) is 18.4 Å². The molecule has 36 heavy (non-hydrogen) atoms. The molecular weight excluding hydrogens is 476 g/mol. The predicted molar refractivity (Wildman–Crippen MR) is 143 cm³/mol. The number of imidazole rings is 1. The number of ether oxygens (including phenoxy) is 1. The quantitative estimate of drug-likeness (QED) is 0.428.